The summed E-state index contributed by atoms with van der Waals surface area (Å²) in [6, 6.07) is 3.77. The van der Waals surface area contributed by atoms with Crippen molar-refractivity contribution < 1.29 is 14.7 Å². The van der Waals surface area contributed by atoms with E-state index in [1.165, 1.54) is 4.90 Å². The Morgan fingerprint density at radius 2 is 1.89 bits per heavy atom. The van der Waals surface area contributed by atoms with Crippen LogP contribution in [0.1, 0.15) is 19.4 Å². The quantitative estimate of drug-likeness (QED) is 0.789. The van der Waals surface area contributed by atoms with Crippen LogP contribution >= 0.6 is 0 Å². The van der Waals surface area contributed by atoms with Crippen molar-refractivity contribution in [1.82, 2.24) is 9.88 Å². The fourth-order valence-electron chi connectivity index (χ4n) is 1.87. The zero-order valence-corrected chi connectivity index (χ0v) is 11.5. The van der Waals surface area contributed by atoms with Crippen LogP contribution in [0.25, 0.3) is 0 Å². The summed E-state index contributed by atoms with van der Waals surface area (Å²) in [5.74, 6) is -2.58. The number of aromatic nitrogens is 1. The highest BCUT2D eigenvalue weighted by Gasteiger charge is 2.31. The molecular weight excluding hydrogens is 244 g/mol. The van der Waals surface area contributed by atoms with Crippen molar-refractivity contribution >= 4 is 11.9 Å². The van der Waals surface area contributed by atoms with Crippen molar-refractivity contribution in [2.45, 2.75) is 20.3 Å². The first kappa shape index (κ1) is 15.1. The second kappa shape index (κ2) is 6.87. The first-order valence-electron chi connectivity index (χ1n) is 6.30. The molecule has 1 unspecified atom stereocenters. The molecule has 0 aliphatic carbocycles. The highest BCUT2D eigenvalue weighted by molar-refractivity contribution is 5.97. The van der Waals surface area contributed by atoms with Crippen molar-refractivity contribution in [2.75, 3.05) is 13.6 Å². The molecule has 1 amide bonds. The molecule has 0 fully saturated rings. The van der Waals surface area contributed by atoms with Crippen LogP contribution in [-0.2, 0) is 16.0 Å². The average molecular weight is 264 g/mol. The molecule has 0 aliphatic rings. The van der Waals surface area contributed by atoms with Crippen LogP contribution in [0.15, 0.2) is 24.5 Å². The van der Waals surface area contributed by atoms with Gasteiger partial charge in [0.2, 0.25) is 5.91 Å². The van der Waals surface area contributed by atoms with Gasteiger partial charge in [-0.25, -0.2) is 0 Å². The van der Waals surface area contributed by atoms with Crippen LogP contribution in [0.2, 0.25) is 0 Å². The monoisotopic (exact) mass is 264 g/mol. The second-order valence-electron chi connectivity index (χ2n) is 4.93. The molecule has 104 valence electrons. The molecule has 5 nitrogen and oxygen atoms in total. The lowest BCUT2D eigenvalue weighted by atomic mass is 9.94. The molecule has 1 N–H and O–H groups in total. The number of carbonyl (C=O) groups excluding carboxylic acids is 1. The van der Waals surface area contributed by atoms with Gasteiger partial charge in [0.25, 0.3) is 0 Å². The normalized spacial score (nSPS) is 12.2. The zero-order valence-electron chi connectivity index (χ0n) is 11.5. The van der Waals surface area contributed by atoms with Gasteiger partial charge in [-0.15, -0.1) is 0 Å². The van der Waals surface area contributed by atoms with Gasteiger partial charge in [0.1, 0.15) is 5.92 Å². The lowest BCUT2D eigenvalue weighted by molar-refractivity contribution is -0.152. The van der Waals surface area contributed by atoms with E-state index in [9.17, 15) is 9.59 Å². The first-order chi connectivity index (χ1) is 8.93. The van der Waals surface area contributed by atoms with Gasteiger partial charge >= 0.3 is 5.97 Å². The topological polar surface area (TPSA) is 70.5 Å². The van der Waals surface area contributed by atoms with Gasteiger partial charge in [-0.3, -0.25) is 14.6 Å². The number of hydrogen-bond acceptors (Lipinski definition) is 3. The summed E-state index contributed by atoms with van der Waals surface area (Å²) in [5.41, 5.74) is 1.08. The number of carbonyl (C=O) groups is 2. The summed E-state index contributed by atoms with van der Waals surface area (Å²) in [7, 11) is 1.64. The van der Waals surface area contributed by atoms with Gasteiger partial charge in [-0.2, -0.15) is 0 Å². The average Bonchev–Trinajstić information content (AvgIpc) is 2.36. The maximum Gasteiger partial charge on any atom is 0.316 e. The summed E-state index contributed by atoms with van der Waals surface area (Å²) in [4.78, 5) is 28.6. The molecule has 0 aliphatic heterocycles. The molecule has 0 saturated carbocycles. The second-order valence-corrected chi connectivity index (χ2v) is 4.93. The van der Waals surface area contributed by atoms with E-state index in [0.717, 1.165) is 5.56 Å². The summed E-state index contributed by atoms with van der Waals surface area (Å²) in [6.45, 7) is 3.99. The van der Waals surface area contributed by atoms with Crippen LogP contribution in [0.5, 0.6) is 0 Å². The van der Waals surface area contributed by atoms with Gasteiger partial charge in [0.15, 0.2) is 0 Å². The molecule has 19 heavy (non-hydrogen) atoms. The highest BCUT2D eigenvalue weighted by Crippen LogP contribution is 2.14. The van der Waals surface area contributed by atoms with E-state index in [1.807, 2.05) is 12.1 Å². The Labute approximate surface area is 113 Å². The Morgan fingerprint density at radius 1 is 1.32 bits per heavy atom. The molecule has 0 spiro atoms. The third-order valence-electron chi connectivity index (χ3n) is 3.06. The highest BCUT2D eigenvalue weighted by atomic mass is 16.4. The van der Waals surface area contributed by atoms with E-state index < -0.39 is 11.9 Å². The van der Waals surface area contributed by atoms with Gasteiger partial charge in [0, 0.05) is 26.0 Å². The minimum atomic E-state index is -1.06. The number of likely N-dealkylation sites (N-methyl/N-ethyl adjacent to an activating group) is 1. The fraction of sp³-hybridized carbons (Fsp3) is 0.500. The van der Waals surface area contributed by atoms with Gasteiger partial charge in [-0.1, -0.05) is 13.8 Å². The minimum Gasteiger partial charge on any atom is -0.481 e. The van der Waals surface area contributed by atoms with Crippen molar-refractivity contribution in [3.63, 3.8) is 0 Å². The molecule has 1 heterocycles. The van der Waals surface area contributed by atoms with Crippen LogP contribution in [0.4, 0.5) is 0 Å². The van der Waals surface area contributed by atoms with E-state index in [4.69, 9.17) is 5.11 Å². The predicted octanol–water partition coefficient (Wildman–Crippen LogP) is 1.44. The lowest BCUT2D eigenvalue weighted by Crippen LogP contribution is -2.40. The van der Waals surface area contributed by atoms with E-state index in [2.05, 4.69) is 4.98 Å². The Morgan fingerprint density at radius 3 is 2.37 bits per heavy atom. The lowest BCUT2D eigenvalue weighted by Gasteiger charge is -2.23. The molecule has 0 bridgehead atoms. The number of aliphatic carboxylic acids is 1. The third-order valence-corrected chi connectivity index (χ3v) is 3.06. The molecule has 5 heteroatoms. The van der Waals surface area contributed by atoms with E-state index >= 15 is 0 Å². The van der Waals surface area contributed by atoms with E-state index in [-0.39, 0.29) is 11.8 Å². The summed E-state index contributed by atoms with van der Waals surface area (Å²) in [6.07, 6.45) is 4.09. The minimum absolute atomic E-state index is 0.214. The number of nitrogens with zero attached hydrogens (tertiary/aromatic N) is 2. The number of amides is 1. The summed E-state index contributed by atoms with van der Waals surface area (Å²) < 4.78 is 0. The maximum absolute atomic E-state index is 12.1. The Balaban J connectivity index is 2.59. The van der Waals surface area contributed by atoms with E-state index in [1.54, 1.807) is 33.3 Å². The van der Waals surface area contributed by atoms with Crippen LogP contribution in [-0.4, -0.2) is 40.5 Å². The van der Waals surface area contributed by atoms with Crippen molar-refractivity contribution in [3.8, 4) is 0 Å². The predicted molar refractivity (Wildman–Crippen MR) is 71.5 cm³/mol. The van der Waals surface area contributed by atoms with Gasteiger partial charge in [0.05, 0.1) is 0 Å². The van der Waals surface area contributed by atoms with Crippen molar-refractivity contribution in [3.05, 3.63) is 30.1 Å². The number of rotatable bonds is 6. The van der Waals surface area contributed by atoms with Crippen LogP contribution in [0.3, 0.4) is 0 Å². The molecular formula is C14H20N2O3. The molecule has 1 aromatic rings. The largest absolute Gasteiger partial charge is 0.481 e. The number of carboxylic acid groups (broad SMARTS) is 1. The molecule has 0 aromatic carbocycles. The number of pyridine rings is 1. The number of hydrogen-bond donors (Lipinski definition) is 1. The van der Waals surface area contributed by atoms with Crippen LogP contribution < -0.4 is 0 Å². The molecule has 0 radical (unpaired) electrons. The molecule has 1 aromatic heterocycles. The van der Waals surface area contributed by atoms with Crippen molar-refractivity contribution in [2.24, 2.45) is 11.8 Å². The Bertz CT molecular complexity index is 432. The standard InChI is InChI=1S/C14H20N2O3/c1-10(2)12(14(18)19)13(17)16(3)9-6-11-4-7-15-8-5-11/h4-5,7-8,10,12H,6,9H2,1-3H3,(H,18,19). The van der Waals surface area contributed by atoms with E-state index in [0.29, 0.717) is 13.0 Å². The SMILES string of the molecule is CC(C)C(C(=O)O)C(=O)N(C)CCc1ccncc1. The Hall–Kier alpha value is -1.91. The van der Waals surface area contributed by atoms with Gasteiger partial charge < -0.3 is 10.0 Å². The third kappa shape index (κ3) is 4.35. The number of carboxylic acids is 1. The fourth-order valence-corrected chi connectivity index (χ4v) is 1.87. The van der Waals surface area contributed by atoms with Crippen molar-refractivity contribution in [1.29, 1.82) is 0 Å². The smallest absolute Gasteiger partial charge is 0.316 e. The molecule has 0 saturated heterocycles. The maximum atomic E-state index is 12.1. The van der Waals surface area contributed by atoms with Crippen LogP contribution in [0, 0.1) is 11.8 Å². The summed E-state index contributed by atoms with van der Waals surface area (Å²) >= 11 is 0. The Kier molecular flexibility index (Phi) is 5.48. The van der Waals surface area contributed by atoms with Gasteiger partial charge in [-0.05, 0) is 30.0 Å². The first-order valence-corrected chi connectivity index (χ1v) is 6.30. The summed E-state index contributed by atoms with van der Waals surface area (Å²) in [5, 5.41) is 9.09. The zero-order chi connectivity index (χ0) is 14.4. The molecule has 1 rings (SSSR count). The molecule has 1 atom stereocenters.